The summed E-state index contributed by atoms with van der Waals surface area (Å²) in [5, 5.41) is 2.93. The van der Waals surface area contributed by atoms with Crippen molar-refractivity contribution in [1.29, 1.82) is 0 Å². The first kappa shape index (κ1) is 17.6. The fourth-order valence-corrected chi connectivity index (χ4v) is 3.73. The second-order valence-corrected chi connectivity index (χ2v) is 7.21. The van der Waals surface area contributed by atoms with Crippen LogP contribution < -0.4 is 10.1 Å². The number of fused-ring (bicyclic) bond motifs is 1. The van der Waals surface area contributed by atoms with Gasteiger partial charge in [0.15, 0.2) is 0 Å². The van der Waals surface area contributed by atoms with Crippen LogP contribution in [-0.4, -0.2) is 29.9 Å². The van der Waals surface area contributed by atoms with Gasteiger partial charge in [0.1, 0.15) is 11.2 Å². The van der Waals surface area contributed by atoms with E-state index in [-0.39, 0.29) is 11.8 Å². The molecule has 2 aliphatic rings. The Labute approximate surface area is 159 Å². The Morgan fingerprint density at radius 1 is 1.07 bits per heavy atom. The van der Waals surface area contributed by atoms with Gasteiger partial charge in [-0.15, -0.1) is 0 Å². The van der Waals surface area contributed by atoms with E-state index in [1.807, 2.05) is 42.2 Å². The van der Waals surface area contributed by atoms with Crippen LogP contribution in [0.2, 0.25) is 0 Å². The Morgan fingerprint density at radius 2 is 1.78 bits per heavy atom. The zero-order valence-electron chi connectivity index (χ0n) is 15.5. The van der Waals surface area contributed by atoms with Gasteiger partial charge in [-0.1, -0.05) is 36.4 Å². The summed E-state index contributed by atoms with van der Waals surface area (Å²) in [4.78, 5) is 28.0. The van der Waals surface area contributed by atoms with Crippen molar-refractivity contribution in [2.45, 2.75) is 32.7 Å². The van der Waals surface area contributed by atoms with Gasteiger partial charge in [-0.05, 0) is 49.4 Å². The Kier molecular flexibility index (Phi) is 4.60. The number of carbonyl (C=O) groups is 2. The van der Waals surface area contributed by atoms with Crippen molar-refractivity contribution >= 4 is 17.5 Å². The fraction of sp³-hybridized carbons (Fsp3) is 0.364. The number of anilines is 1. The summed E-state index contributed by atoms with van der Waals surface area (Å²) in [5.41, 5.74) is 2.16. The zero-order valence-corrected chi connectivity index (χ0v) is 15.5. The molecule has 1 heterocycles. The maximum atomic E-state index is 13.2. The highest BCUT2D eigenvalue weighted by atomic mass is 16.5. The molecule has 0 saturated heterocycles. The lowest BCUT2D eigenvalue weighted by molar-refractivity contribution is -0.143. The molecule has 1 N–H and O–H groups in total. The molecule has 2 aromatic rings. The van der Waals surface area contributed by atoms with Crippen molar-refractivity contribution in [1.82, 2.24) is 4.90 Å². The van der Waals surface area contributed by atoms with Crippen molar-refractivity contribution in [3.8, 4) is 5.75 Å². The molecule has 0 spiro atoms. The van der Waals surface area contributed by atoms with E-state index in [9.17, 15) is 9.59 Å². The van der Waals surface area contributed by atoms with Crippen LogP contribution in [0, 0.1) is 5.41 Å². The molecule has 0 radical (unpaired) electrons. The van der Waals surface area contributed by atoms with Crippen LogP contribution in [0.5, 0.6) is 5.75 Å². The van der Waals surface area contributed by atoms with Crippen LogP contribution in [0.3, 0.4) is 0 Å². The number of benzene rings is 2. The van der Waals surface area contributed by atoms with Crippen LogP contribution in [0.25, 0.3) is 0 Å². The van der Waals surface area contributed by atoms with Crippen molar-refractivity contribution < 1.29 is 14.3 Å². The summed E-state index contributed by atoms with van der Waals surface area (Å²) < 4.78 is 5.58. The normalized spacial score (nSPS) is 17.0. The molecule has 1 aliphatic carbocycles. The third-order valence-electron chi connectivity index (χ3n) is 5.45. The van der Waals surface area contributed by atoms with Gasteiger partial charge < -0.3 is 15.0 Å². The number of nitrogens with one attached hydrogen (secondary N) is 1. The van der Waals surface area contributed by atoms with Crippen LogP contribution in [0.4, 0.5) is 5.69 Å². The summed E-state index contributed by atoms with van der Waals surface area (Å²) in [6.07, 6.45) is 2.05. The second-order valence-electron chi connectivity index (χ2n) is 7.21. The van der Waals surface area contributed by atoms with E-state index < -0.39 is 5.41 Å². The molecular weight excluding hydrogens is 340 g/mol. The summed E-state index contributed by atoms with van der Waals surface area (Å²) in [7, 11) is 0. The largest absolute Gasteiger partial charge is 0.492 e. The summed E-state index contributed by atoms with van der Waals surface area (Å²) in [6.45, 7) is 3.67. The molecule has 0 atom stereocenters. The maximum Gasteiger partial charge on any atom is 0.240 e. The van der Waals surface area contributed by atoms with Crippen molar-refractivity contribution in [3.63, 3.8) is 0 Å². The van der Waals surface area contributed by atoms with Crippen molar-refractivity contribution in [3.05, 3.63) is 59.7 Å². The van der Waals surface area contributed by atoms with Gasteiger partial charge in [-0.3, -0.25) is 9.59 Å². The maximum absolute atomic E-state index is 13.2. The van der Waals surface area contributed by atoms with Crippen LogP contribution in [-0.2, 0) is 22.6 Å². The smallest absolute Gasteiger partial charge is 0.240 e. The molecule has 1 aliphatic heterocycles. The van der Waals surface area contributed by atoms with Gasteiger partial charge in [0.05, 0.1) is 12.3 Å². The Hall–Kier alpha value is -2.82. The van der Waals surface area contributed by atoms with Crippen molar-refractivity contribution in [2.24, 2.45) is 5.41 Å². The average molecular weight is 364 g/mol. The number of ether oxygens (including phenoxy) is 1. The first-order valence-electron chi connectivity index (χ1n) is 9.53. The molecule has 2 aromatic carbocycles. The second kappa shape index (κ2) is 7.06. The molecule has 5 heteroatoms. The van der Waals surface area contributed by atoms with Gasteiger partial charge in [0.2, 0.25) is 11.8 Å². The van der Waals surface area contributed by atoms with Gasteiger partial charge in [-0.2, -0.15) is 0 Å². The zero-order chi connectivity index (χ0) is 18.9. The lowest BCUT2D eigenvalue weighted by Gasteiger charge is -2.31. The highest BCUT2D eigenvalue weighted by molar-refractivity contribution is 6.13. The Bertz CT molecular complexity index is 873. The van der Waals surface area contributed by atoms with Gasteiger partial charge in [0.25, 0.3) is 0 Å². The molecule has 2 amide bonds. The number of hydrogen-bond donors (Lipinski definition) is 1. The van der Waals surface area contributed by atoms with E-state index in [4.69, 9.17) is 4.74 Å². The first-order valence-corrected chi connectivity index (χ1v) is 9.53. The Morgan fingerprint density at radius 3 is 2.52 bits per heavy atom. The van der Waals surface area contributed by atoms with E-state index >= 15 is 0 Å². The molecule has 5 nitrogen and oxygen atoms in total. The van der Waals surface area contributed by atoms with Crippen LogP contribution in [0.1, 0.15) is 30.9 Å². The third kappa shape index (κ3) is 3.29. The molecule has 27 heavy (non-hydrogen) atoms. The quantitative estimate of drug-likeness (QED) is 0.828. The third-order valence-corrected chi connectivity index (χ3v) is 5.45. The van der Waals surface area contributed by atoms with Gasteiger partial charge in [-0.25, -0.2) is 0 Å². The topological polar surface area (TPSA) is 58.6 Å². The highest BCUT2D eigenvalue weighted by Crippen LogP contribution is 2.49. The minimum absolute atomic E-state index is 0.0524. The molecule has 4 rings (SSSR count). The average Bonchev–Trinajstić information content (AvgIpc) is 3.51. The predicted octanol–water partition coefficient (Wildman–Crippen LogP) is 3.39. The number of amides is 2. The van der Waals surface area contributed by atoms with Crippen LogP contribution in [0.15, 0.2) is 48.5 Å². The van der Waals surface area contributed by atoms with Gasteiger partial charge >= 0.3 is 0 Å². The number of para-hydroxylation sites is 2. The Balaban J connectivity index is 1.49. The minimum Gasteiger partial charge on any atom is -0.492 e. The molecule has 1 fully saturated rings. The number of rotatable bonds is 5. The van der Waals surface area contributed by atoms with Gasteiger partial charge in [0, 0.05) is 13.1 Å². The molecular formula is C22H24N2O3. The standard InChI is InChI=1S/C22H24N2O3/c1-2-27-19-10-6-5-9-18(19)23-20(25)22(12-13-22)21(26)24-14-11-16-7-3-4-8-17(16)15-24/h3-10H,2,11-15H2,1H3,(H,23,25). The molecule has 0 unspecified atom stereocenters. The van der Waals surface area contributed by atoms with E-state index in [1.54, 1.807) is 6.07 Å². The van der Waals surface area contributed by atoms with E-state index in [1.165, 1.54) is 11.1 Å². The highest BCUT2D eigenvalue weighted by Gasteiger charge is 2.58. The summed E-state index contributed by atoms with van der Waals surface area (Å²) in [5.74, 6) is 0.352. The SMILES string of the molecule is CCOc1ccccc1NC(=O)C1(C(=O)N2CCc3ccccc3C2)CC1. The number of carbonyl (C=O) groups excluding carboxylic acids is 2. The lowest BCUT2D eigenvalue weighted by atomic mass is 9.97. The summed E-state index contributed by atoms with van der Waals surface area (Å²) >= 11 is 0. The fourth-order valence-electron chi connectivity index (χ4n) is 3.73. The monoisotopic (exact) mass is 364 g/mol. The van der Waals surface area contributed by atoms with E-state index in [0.29, 0.717) is 44.0 Å². The number of nitrogens with zero attached hydrogens (tertiary/aromatic N) is 1. The van der Waals surface area contributed by atoms with Crippen LogP contribution >= 0.6 is 0 Å². The minimum atomic E-state index is -0.925. The molecule has 1 saturated carbocycles. The van der Waals surface area contributed by atoms with Crippen molar-refractivity contribution in [2.75, 3.05) is 18.5 Å². The predicted molar refractivity (Wildman–Crippen MR) is 103 cm³/mol. The lowest BCUT2D eigenvalue weighted by Crippen LogP contribution is -2.45. The molecule has 140 valence electrons. The van der Waals surface area contributed by atoms with E-state index in [0.717, 1.165) is 6.42 Å². The first-order chi connectivity index (χ1) is 13.1. The van der Waals surface area contributed by atoms with E-state index in [2.05, 4.69) is 17.4 Å². The summed E-state index contributed by atoms with van der Waals surface area (Å²) in [6, 6.07) is 15.5. The molecule has 0 bridgehead atoms. The molecule has 0 aromatic heterocycles. The number of hydrogen-bond acceptors (Lipinski definition) is 3.